The quantitative estimate of drug-likeness (QED) is 0.489. The molecule has 1 aromatic heterocycles. The van der Waals surface area contributed by atoms with Crippen molar-refractivity contribution in [3.63, 3.8) is 0 Å². The van der Waals surface area contributed by atoms with Gasteiger partial charge in [-0.1, -0.05) is 6.07 Å². The summed E-state index contributed by atoms with van der Waals surface area (Å²) in [7, 11) is 3.42. The highest BCUT2D eigenvalue weighted by molar-refractivity contribution is 6.04. The summed E-state index contributed by atoms with van der Waals surface area (Å²) in [5.74, 6) is 1.07. The molecule has 2 aromatic carbocycles. The number of rotatable bonds is 10. The molecule has 0 fully saturated rings. The van der Waals surface area contributed by atoms with Crippen molar-refractivity contribution in [1.82, 2.24) is 15.1 Å². The van der Waals surface area contributed by atoms with E-state index >= 15 is 0 Å². The lowest BCUT2D eigenvalue weighted by Gasteiger charge is -2.14. The molecule has 2 N–H and O–H groups in total. The van der Waals surface area contributed by atoms with Gasteiger partial charge in [0.1, 0.15) is 18.1 Å². The molecular formula is C23H25N5O3. The van der Waals surface area contributed by atoms with Crippen LogP contribution in [0.15, 0.2) is 54.7 Å². The van der Waals surface area contributed by atoms with Gasteiger partial charge in [0.15, 0.2) is 0 Å². The summed E-state index contributed by atoms with van der Waals surface area (Å²) in [6, 6.07) is 16.5. The molecule has 0 atom stereocenters. The number of benzene rings is 2. The number of ether oxygens (including phenoxy) is 2. The minimum Gasteiger partial charge on any atom is -0.497 e. The van der Waals surface area contributed by atoms with Crippen molar-refractivity contribution in [3.8, 4) is 28.8 Å². The summed E-state index contributed by atoms with van der Waals surface area (Å²) in [4.78, 5) is 12.7. The minimum absolute atomic E-state index is 0.231. The number of methoxy groups -OCH3 is 1. The first kappa shape index (κ1) is 21.9. The van der Waals surface area contributed by atoms with Gasteiger partial charge >= 0.3 is 0 Å². The molecule has 31 heavy (non-hydrogen) atoms. The Bertz CT molecular complexity index is 1070. The Balaban J connectivity index is 1.77. The molecule has 0 saturated heterocycles. The van der Waals surface area contributed by atoms with Crippen molar-refractivity contribution in [2.75, 3.05) is 32.1 Å². The van der Waals surface area contributed by atoms with Crippen molar-refractivity contribution < 1.29 is 14.3 Å². The van der Waals surface area contributed by atoms with Gasteiger partial charge in [-0.2, -0.15) is 10.4 Å². The number of aryl methyl sites for hydroxylation is 1. The predicted octanol–water partition coefficient (Wildman–Crippen LogP) is 3.23. The number of nitrogens with zero attached hydrogens (tertiary/aromatic N) is 3. The van der Waals surface area contributed by atoms with Gasteiger partial charge < -0.3 is 20.1 Å². The molecule has 0 unspecified atom stereocenters. The molecule has 3 aromatic rings. The Labute approximate surface area is 181 Å². The van der Waals surface area contributed by atoms with E-state index in [-0.39, 0.29) is 5.91 Å². The molecule has 0 bridgehead atoms. The number of hydrogen-bond donors (Lipinski definition) is 2. The number of amides is 1. The number of nitrogens with one attached hydrogen (secondary N) is 2. The first-order valence-electron chi connectivity index (χ1n) is 9.90. The van der Waals surface area contributed by atoms with Crippen LogP contribution in [0.4, 0.5) is 5.69 Å². The van der Waals surface area contributed by atoms with Crippen LogP contribution in [0.5, 0.6) is 11.5 Å². The Kier molecular flexibility index (Phi) is 7.62. The summed E-state index contributed by atoms with van der Waals surface area (Å²) >= 11 is 0. The SMILES string of the molecule is COc1cccc(C(=O)Nc2ccc(OCCNCCC#N)c(-c3ccnn3C)c2)c1. The first-order chi connectivity index (χ1) is 15.1. The zero-order valence-corrected chi connectivity index (χ0v) is 17.6. The number of nitriles is 1. The van der Waals surface area contributed by atoms with Crippen LogP contribution < -0.4 is 20.1 Å². The predicted molar refractivity (Wildman–Crippen MR) is 118 cm³/mol. The van der Waals surface area contributed by atoms with E-state index < -0.39 is 0 Å². The monoisotopic (exact) mass is 419 g/mol. The smallest absolute Gasteiger partial charge is 0.255 e. The third-order valence-electron chi connectivity index (χ3n) is 4.62. The van der Waals surface area contributed by atoms with Crippen molar-refractivity contribution >= 4 is 11.6 Å². The van der Waals surface area contributed by atoms with Gasteiger partial charge in [0.2, 0.25) is 0 Å². The molecule has 3 rings (SSSR count). The lowest BCUT2D eigenvalue weighted by atomic mass is 10.1. The van der Waals surface area contributed by atoms with Crippen LogP contribution in [-0.2, 0) is 7.05 Å². The van der Waals surface area contributed by atoms with Crippen LogP contribution in [0.3, 0.4) is 0 Å². The maximum atomic E-state index is 12.7. The fraction of sp³-hybridized carbons (Fsp3) is 0.261. The van der Waals surface area contributed by atoms with Crippen LogP contribution in [0.25, 0.3) is 11.3 Å². The Hall–Kier alpha value is -3.83. The largest absolute Gasteiger partial charge is 0.497 e. The van der Waals surface area contributed by atoms with E-state index in [1.165, 1.54) is 0 Å². The minimum atomic E-state index is -0.231. The molecule has 0 aliphatic carbocycles. The average Bonchev–Trinajstić information content (AvgIpc) is 3.22. The van der Waals surface area contributed by atoms with E-state index in [2.05, 4.69) is 21.8 Å². The highest BCUT2D eigenvalue weighted by Crippen LogP contribution is 2.32. The number of anilines is 1. The van der Waals surface area contributed by atoms with E-state index in [4.69, 9.17) is 14.7 Å². The maximum absolute atomic E-state index is 12.7. The van der Waals surface area contributed by atoms with Gasteiger partial charge in [-0.25, -0.2) is 0 Å². The van der Waals surface area contributed by atoms with Crippen molar-refractivity contribution in [1.29, 1.82) is 5.26 Å². The molecule has 160 valence electrons. The summed E-state index contributed by atoms with van der Waals surface area (Å²) < 4.78 is 12.9. The van der Waals surface area contributed by atoms with Gasteiger partial charge in [0.25, 0.3) is 5.91 Å². The van der Waals surface area contributed by atoms with Gasteiger partial charge in [-0.05, 0) is 42.5 Å². The molecule has 8 heteroatoms. The van der Waals surface area contributed by atoms with Gasteiger partial charge in [-0.15, -0.1) is 0 Å². The molecule has 0 radical (unpaired) electrons. The number of aromatic nitrogens is 2. The Morgan fingerprint density at radius 2 is 2.06 bits per heavy atom. The summed E-state index contributed by atoms with van der Waals surface area (Å²) in [5.41, 5.74) is 2.83. The maximum Gasteiger partial charge on any atom is 0.255 e. The molecule has 1 heterocycles. The number of carbonyl (C=O) groups excluding carboxylic acids is 1. The fourth-order valence-corrected chi connectivity index (χ4v) is 3.04. The molecular weight excluding hydrogens is 394 g/mol. The van der Waals surface area contributed by atoms with E-state index in [0.717, 1.165) is 11.3 Å². The van der Waals surface area contributed by atoms with E-state index in [1.54, 1.807) is 48.3 Å². The third kappa shape index (κ3) is 5.84. The van der Waals surface area contributed by atoms with E-state index in [9.17, 15) is 4.79 Å². The van der Waals surface area contributed by atoms with Crippen LogP contribution in [0.1, 0.15) is 16.8 Å². The summed E-state index contributed by atoms with van der Waals surface area (Å²) in [5, 5.41) is 18.9. The lowest BCUT2D eigenvalue weighted by Crippen LogP contribution is -2.22. The second-order valence-electron chi connectivity index (χ2n) is 6.74. The fourth-order valence-electron chi connectivity index (χ4n) is 3.04. The van der Waals surface area contributed by atoms with Crippen LogP contribution in [0.2, 0.25) is 0 Å². The molecule has 0 aliphatic heterocycles. The zero-order chi connectivity index (χ0) is 22.1. The van der Waals surface area contributed by atoms with Crippen molar-refractivity contribution in [2.24, 2.45) is 7.05 Å². The van der Waals surface area contributed by atoms with Gasteiger partial charge in [0.05, 0.1) is 18.9 Å². The Morgan fingerprint density at radius 1 is 1.19 bits per heavy atom. The van der Waals surface area contributed by atoms with Crippen LogP contribution >= 0.6 is 0 Å². The highest BCUT2D eigenvalue weighted by atomic mass is 16.5. The van der Waals surface area contributed by atoms with Crippen LogP contribution in [0, 0.1) is 11.3 Å². The van der Waals surface area contributed by atoms with E-state index in [0.29, 0.717) is 48.9 Å². The second-order valence-corrected chi connectivity index (χ2v) is 6.74. The normalized spacial score (nSPS) is 10.4. The van der Waals surface area contributed by atoms with Crippen molar-refractivity contribution in [3.05, 3.63) is 60.3 Å². The topological polar surface area (TPSA) is 101 Å². The standard InChI is InChI=1S/C23H25N5O3/c1-28-21(9-12-26-28)20-16-18(7-8-22(20)31-14-13-25-11-4-10-24)27-23(29)17-5-3-6-19(15-17)30-2/h3,5-9,12,15-16,25H,4,11,13-14H2,1-2H3,(H,27,29). The second kappa shape index (κ2) is 10.8. The van der Waals surface area contributed by atoms with Crippen LogP contribution in [-0.4, -0.2) is 42.5 Å². The number of carbonyl (C=O) groups is 1. The van der Waals surface area contributed by atoms with Gasteiger partial charge in [-0.3, -0.25) is 9.48 Å². The highest BCUT2D eigenvalue weighted by Gasteiger charge is 2.14. The molecule has 0 saturated carbocycles. The first-order valence-corrected chi connectivity index (χ1v) is 9.90. The number of hydrogen-bond acceptors (Lipinski definition) is 6. The van der Waals surface area contributed by atoms with Crippen molar-refractivity contribution in [2.45, 2.75) is 6.42 Å². The molecule has 0 spiro atoms. The average molecular weight is 419 g/mol. The lowest BCUT2D eigenvalue weighted by molar-refractivity contribution is 0.102. The van der Waals surface area contributed by atoms with Gasteiger partial charge in [0, 0.05) is 49.6 Å². The Morgan fingerprint density at radius 3 is 2.81 bits per heavy atom. The molecule has 8 nitrogen and oxygen atoms in total. The summed E-state index contributed by atoms with van der Waals surface area (Å²) in [6.45, 7) is 1.70. The molecule has 0 aliphatic rings. The molecule has 1 amide bonds. The third-order valence-corrected chi connectivity index (χ3v) is 4.62. The summed E-state index contributed by atoms with van der Waals surface area (Å²) in [6.07, 6.45) is 2.17. The van der Waals surface area contributed by atoms with E-state index in [1.807, 2.05) is 25.2 Å². The zero-order valence-electron chi connectivity index (χ0n) is 17.6.